The van der Waals surface area contributed by atoms with Crippen LogP contribution in [0.4, 0.5) is 0 Å². The molecule has 0 saturated carbocycles. The van der Waals surface area contributed by atoms with Gasteiger partial charge in [0.05, 0.1) is 11.0 Å². The minimum atomic E-state index is 0.125. The minimum absolute atomic E-state index is 0.125. The number of hydrogen-bond acceptors (Lipinski definition) is 2. The summed E-state index contributed by atoms with van der Waals surface area (Å²) < 4.78 is 2.27. The molecule has 1 atom stereocenters. The van der Waals surface area contributed by atoms with Crippen LogP contribution in [0, 0.1) is 6.92 Å². The predicted octanol–water partition coefficient (Wildman–Crippen LogP) is 3.89. The van der Waals surface area contributed by atoms with Crippen LogP contribution < -0.4 is 0 Å². The highest BCUT2D eigenvalue weighted by molar-refractivity contribution is 5.81. The van der Waals surface area contributed by atoms with E-state index in [0.717, 1.165) is 23.4 Å². The van der Waals surface area contributed by atoms with Crippen molar-refractivity contribution in [2.75, 3.05) is 13.1 Å². The van der Waals surface area contributed by atoms with Crippen LogP contribution in [0.25, 0.3) is 11.0 Å². The Hall–Kier alpha value is -2.88. The molecule has 0 radical (unpaired) electrons. The Morgan fingerprint density at radius 3 is 2.73 bits per heavy atom. The van der Waals surface area contributed by atoms with E-state index in [9.17, 15) is 4.79 Å². The van der Waals surface area contributed by atoms with Crippen LogP contribution in [0.2, 0.25) is 0 Å². The molecule has 4 nitrogen and oxygen atoms in total. The van der Waals surface area contributed by atoms with Gasteiger partial charge in [-0.2, -0.15) is 0 Å². The number of aryl methyl sites for hydroxylation is 1. The molecule has 1 aromatic heterocycles. The summed E-state index contributed by atoms with van der Waals surface area (Å²) in [6.45, 7) is 7.94. The fourth-order valence-electron chi connectivity index (χ4n) is 3.73. The van der Waals surface area contributed by atoms with Gasteiger partial charge in [-0.3, -0.25) is 4.79 Å². The van der Waals surface area contributed by atoms with Gasteiger partial charge in [-0.05, 0) is 24.6 Å². The Kier molecular flexibility index (Phi) is 4.33. The number of benzene rings is 2. The summed E-state index contributed by atoms with van der Waals surface area (Å²) in [6, 6.07) is 16.8. The Morgan fingerprint density at radius 2 is 1.96 bits per heavy atom. The van der Waals surface area contributed by atoms with Crippen molar-refractivity contribution in [1.82, 2.24) is 14.5 Å². The topological polar surface area (TPSA) is 38.1 Å². The lowest BCUT2D eigenvalue weighted by Gasteiger charge is -2.16. The normalized spacial score (nSPS) is 17.2. The van der Waals surface area contributed by atoms with Crippen molar-refractivity contribution in [3.8, 4) is 0 Å². The van der Waals surface area contributed by atoms with Crippen LogP contribution in [-0.2, 0) is 11.3 Å². The summed E-state index contributed by atoms with van der Waals surface area (Å²) in [4.78, 5) is 19.1. The zero-order valence-corrected chi connectivity index (χ0v) is 15.1. The third kappa shape index (κ3) is 3.03. The van der Waals surface area contributed by atoms with Crippen molar-refractivity contribution in [2.24, 2.45) is 0 Å². The molecule has 1 saturated heterocycles. The van der Waals surface area contributed by atoms with E-state index in [1.807, 2.05) is 23.1 Å². The van der Waals surface area contributed by atoms with Crippen molar-refractivity contribution in [3.63, 3.8) is 0 Å². The summed E-state index contributed by atoms with van der Waals surface area (Å²) >= 11 is 0. The van der Waals surface area contributed by atoms with Gasteiger partial charge in [0.1, 0.15) is 5.82 Å². The first-order valence-corrected chi connectivity index (χ1v) is 9.05. The zero-order valence-electron chi connectivity index (χ0n) is 15.1. The monoisotopic (exact) mass is 345 g/mol. The largest absolute Gasteiger partial charge is 0.338 e. The molecule has 1 aliphatic heterocycles. The number of likely N-dealkylation sites (tertiary alicyclic amines) is 1. The Labute approximate surface area is 153 Å². The molecule has 2 aromatic carbocycles. The van der Waals surface area contributed by atoms with Gasteiger partial charge < -0.3 is 9.47 Å². The molecule has 132 valence electrons. The quantitative estimate of drug-likeness (QED) is 0.658. The molecule has 4 rings (SSSR count). The summed E-state index contributed by atoms with van der Waals surface area (Å²) in [6.07, 6.45) is 2.31. The number of para-hydroxylation sites is 2. The van der Waals surface area contributed by atoms with E-state index >= 15 is 0 Å². The maximum Gasteiger partial charge on any atom is 0.223 e. The Balaban J connectivity index is 1.73. The second kappa shape index (κ2) is 6.79. The Bertz CT molecular complexity index is 955. The molecule has 1 fully saturated rings. The van der Waals surface area contributed by atoms with Gasteiger partial charge in [0, 0.05) is 32.0 Å². The highest BCUT2D eigenvalue weighted by atomic mass is 16.2. The maximum absolute atomic E-state index is 12.3. The molecule has 0 N–H and O–H groups in total. The van der Waals surface area contributed by atoms with Gasteiger partial charge in [0.2, 0.25) is 5.91 Å². The number of amides is 1. The van der Waals surface area contributed by atoms with E-state index < -0.39 is 0 Å². The van der Waals surface area contributed by atoms with Crippen LogP contribution in [0.5, 0.6) is 0 Å². The lowest BCUT2D eigenvalue weighted by molar-refractivity contribution is -0.127. The number of hydrogen-bond donors (Lipinski definition) is 0. The smallest absolute Gasteiger partial charge is 0.223 e. The van der Waals surface area contributed by atoms with Crippen LogP contribution in [0.1, 0.15) is 29.3 Å². The van der Waals surface area contributed by atoms with E-state index in [1.165, 1.54) is 11.1 Å². The molecule has 0 bridgehead atoms. The highest BCUT2D eigenvalue weighted by Gasteiger charge is 2.33. The molecule has 3 aromatic rings. The van der Waals surface area contributed by atoms with Crippen molar-refractivity contribution in [1.29, 1.82) is 0 Å². The van der Waals surface area contributed by atoms with Gasteiger partial charge in [0.15, 0.2) is 0 Å². The number of nitrogens with zero attached hydrogens (tertiary/aromatic N) is 3. The molecule has 0 spiro atoms. The predicted molar refractivity (Wildman–Crippen MR) is 104 cm³/mol. The summed E-state index contributed by atoms with van der Waals surface area (Å²) in [7, 11) is 0. The molecular formula is C22H23N3O. The van der Waals surface area contributed by atoms with E-state index in [1.54, 1.807) is 6.08 Å². The van der Waals surface area contributed by atoms with E-state index in [4.69, 9.17) is 4.98 Å². The molecular weight excluding hydrogens is 322 g/mol. The fourth-order valence-corrected chi connectivity index (χ4v) is 3.73. The number of aromatic nitrogens is 2. The van der Waals surface area contributed by atoms with E-state index in [-0.39, 0.29) is 11.8 Å². The third-order valence-corrected chi connectivity index (χ3v) is 5.07. The Morgan fingerprint density at radius 1 is 1.19 bits per heavy atom. The SMILES string of the molecule is C=CCN1C[C@H](c2nc3ccccc3n2Cc2ccc(C)cc2)CC1=O. The van der Waals surface area contributed by atoms with Crippen LogP contribution in [0.15, 0.2) is 61.2 Å². The van der Waals surface area contributed by atoms with Gasteiger partial charge in [-0.1, -0.05) is 48.0 Å². The summed E-state index contributed by atoms with van der Waals surface area (Å²) in [5, 5.41) is 0. The van der Waals surface area contributed by atoms with Crippen molar-refractivity contribution in [2.45, 2.75) is 25.8 Å². The average molecular weight is 345 g/mol. The molecule has 1 aliphatic rings. The lowest BCUT2D eigenvalue weighted by atomic mass is 10.1. The first-order chi connectivity index (χ1) is 12.7. The molecule has 0 aliphatic carbocycles. The van der Waals surface area contributed by atoms with Gasteiger partial charge in [-0.15, -0.1) is 6.58 Å². The molecule has 26 heavy (non-hydrogen) atoms. The van der Waals surface area contributed by atoms with Crippen molar-refractivity contribution in [3.05, 3.63) is 78.1 Å². The summed E-state index contributed by atoms with van der Waals surface area (Å²) in [5.74, 6) is 1.32. The molecule has 2 heterocycles. The fraction of sp³-hybridized carbons (Fsp3) is 0.273. The molecule has 0 unspecified atom stereocenters. The number of fused-ring (bicyclic) bond motifs is 1. The average Bonchev–Trinajstić information content (AvgIpc) is 3.18. The second-order valence-corrected chi connectivity index (χ2v) is 7.02. The van der Waals surface area contributed by atoms with Crippen LogP contribution in [0.3, 0.4) is 0 Å². The van der Waals surface area contributed by atoms with Crippen LogP contribution >= 0.6 is 0 Å². The number of carbonyl (C=O) groups excluding carboxylic acids is 1. The molecule has 4 heteroatoms. The van der Waals surface area contributed by atoms with E-state index in [0.29, 0.717) is 19.5 Å². The standard InChI is InChI=1S/C22H23N3O/c1-3-12-24-15-18(13-21(24)26)22-23-19-6-4-5-7-20(19)25(22)14-17-10-8-16(2)9-11-17/h3-11,18H,1,12-15H2,2H3/t18-/m1/s1. The highest BCUT2D eigenvalue weighted by Crippen LogP contribution is 2.31. The van der Waals surface area contributed by atoms with Gasteiger partial charge >= 0.3 is 0 Å². The van der Waals surface area contributed by atoms with E-state index in [2.05, 4.69) is 48.4 Å². The number of carbonyl (C=O) groups is 1. The minimum Gasteiger partial charge on any atom is -0.338 e. The first kappa shape index (κ1) is 16.6. The summed E-state index contributed by atoms with van der Waals surface area (Å²) in [5.41, 5.74) is 4.61. The number of rotatable bonds is 5. The second-order valence-electron chi connectivity index (χ2n) is 7.02. The first-order valence-electron chi connectivity index (χ1n) is 9.05. The zero-order chi connectivity index (χ0) is 18.1. The lowest BCUT2D eigenvalue weighted by Crippen LogP contribution is -2.25. The van der Waals surface area contributed by atoms with Crippen molar-refractivity contribution >= 4 is 16.9 Å². The molecule has 1 amide bonds. The van der Waals surface area contributed by atoms with Crippen LogP contribution in [-0.4, -0.2) is 33.4 Å². The van der Waals surface area contributed by atoms with Crippen molar-refractivity contribution < 1.29 is 4.79 Å². The van der Waals surface area contributed by atoms with Gasteiger partial charge in [0.25, 0.3) is 0 Å². The van der Waals surface area contributed by atoms with Gasteiger partial charge in [-0.25, -0.2) is 4.98 Å². The number of imidazole rings is 1. The third-order valence-electron chi connectivity index (χ3n) is 5.07. The maximum atomic E-state index is 12.3.